The van der Waals surface area contributed by atoms with Crippen LogP contribution in [0.15, 0.2) is 34.9 Å². The van der Waals surface area contributed by atoms with Gasteiger partial charge in [-0.1, -0.05) is 48.3 Å². The van der Waals surface area contributed by atoms with E-state index in [2.05, 4.69) is 44.2 Å². The second-order valence-electron chi connectivity index (χ2n) is 7.64. The van der Waals surface area contributed by atoms with Gasteiger partial charge in [-0.15, -0.1) is 0 Å². The number of hydrogen-bond acceptors (Lipinski definition) is 6. The van der Waals surface area contributed by atoms with E-state index in [-0.39, 0.29) is 6.10 Å². The zero-order chi connectivity index (χ0) is 17.8. The third kappa shape index (κ3) is 4.50. The average molecular weight is 356 g/mol. The highest BCUT2D eigenvalue weighted by Crippen LogP contribution is 2.32. The highest BCUT2D eigenvalue weighted by Gasteiger charge is 2.25. The summed E-state index contributed by atoms with van der Waals surface area (Å²) >= 11 is 0. The molecule has 1 aliphatic carbocycles. The summed E-state index contributed by atoms with van der Waals surface area (Å²) in [7, 11) is 0. The van der Waals surface area contributed by atoms with Gasteiger partial charge in [-0.25, -0.2) is 0 Å². The first kappa shape index (κ1) is 17.6. The second kappa shape index (κ2) is 8.29. The minimum absolute atomic E-state index is 0.359. The molecule has 2 fully saturated rings. The molecule has 2 aromatic rings. The van der Waals surface area contributed by atoms with Crippen molar-refractivity contribution in [2.24, 2.45) is 0 Å². The lowest BCUT2D eigenvalue weighted by Gasteiger charge is -2.21. The van der Waals surface area contributed by atoms with Crippen LogP contribution in [-0.4, -0.2) is 57.3 Å². The molecule has 1 aliphatic heterocycles. The van der Waals surface area contributed by atoms with E-state index in [1.54, 1.807) is 0 Å². The SMILES string of the molecule is O[C@H]1CN(Cc2ccccc2)CCN(Cc2noc(C3CCCC3)n2)C1. The summed E-state index contributed by atoms with van der Waals surface area (Å²) in [6.45, 7) is 4.70. The van der Waals surface area contributed by atoms with E-state index in [0.717, 1.165) is 31.3 Å². The number of benzene rings is 1. The van der Waals surface area contributed by atoms with E-state index in [1.807, 2.05) is 6.07 Å². The van der Waals surface area contributed by atoms with Gasteiger partial charge in [0.25, 0.3) is 0 Å². The van der Waals surface area contributed by atoms with Crippen LogP contribution >= 0.6 is 0 Å². The van der Waals surface area contributed by atoms with E-state index in [0.29, 0.717) is 25.6 Å². The Morgan fingerprint density at radius 3 is 2.42 bits per heavy atom. The van der Waals surface area contributed by atoms with Gasteiger partial charge in [0.1, 0.15) is 0 Å². The van der Waals surface area contributed by atoms with Gasteiger partial charge in [0, 0.05) is 38.6 Å². The quantitative estimate of drug-likeness (QED) is 0.887. The number of nitrogens with zero attached hydrogens (tertiary/aromatic N) is 4. The van der Waals surface area contributed by atoms with Crippen LogP contribution in [0.5, 0.6) is 0 Å². The van der Waals surface area contributed by atoms with Crippen LogP contribution in [-0.2, 0) is 13.1 Å². The maximum Gasteiger partial charge on any atom is 0.229 e. The normalized spacial score (nSPS) is 23.3. The van der Waals surface area contributed by atoms with E-state index in [9.17, 15) is 5.11 Å². The molecule has 2 aliphatic rings. The van der Waals surface area contributed by atoms with Crippen molar-refractivity contribution in [3.05, 3.63) is 47.6 Å². The molecule has 0 bridgehead atoms. The molecule has 6 nitrogen and oxygen atoms in total. The average Bonchev–Trinajstić information content (AvgIpc) is 3.28. The van der Waals surface area contributed by atoms with E-state index in [4.69, 9.17) is 4.52 Å². The first-order valence-electron chi connectivity index (χ1n) is 9.75. The highest BCUT2D eigenvalue weighted by atomic mass is 16.5. The van der Waals surface area contributed by atoms with Crippen molar-refractivity contribution < 1.29 is 9.63 Å². The van der Waals surface area contributed by atoms with Crippen molar-refractivity contribution in [1.29, 1.82) is 0 Å². The Balaban J connectivity index is 1.33. The minimum Gasteiger partial charge on any atom is -0.390 e. The van der Waals surface area contributed by atoms with Crippen molar-refractivity contribution in [3.8, 4) is 0 Å². The molecule has 0 spiro atoms. The van der Waals surface area contributed by atoms with Gasteiger partial charge in [-0.05, 0) is 18.4 Å². The van der Waals surface area contributed by atoms with Crippen molar-refractivity contribution >= 4 is 0 Å². The van der Waals surface area contributed by atoms with Gasteiger partial charge in [0.05, 0.1) is 12.6 Å². The molecule has 1 aromatic carbocycles. The molecule has 1 saturated heterocycles. The molecule has 0 unspecified atom stereocenters. The van der Waals surface area contributed by atoms with Gasteiger partial charge in [0.15, 0.2) is 5.82 Å². The third-order valence-corrected chi connectivity index (χ3v) is 5.47. The summed E-state index contributed by atoms with van der Waals surface area (Å²) in [6.07, 6.45) is 4.50. The number of β-amino-alcohol motifs (C(OH)–C–C–N with tert-alkyl or cyclic N) is 1. The molecule has 1 N–H and O–H groups in total. The van der Waals surface area contributed by atoms with Crippen LogP contribution in [0.2, 0.25) is 0 Å². The predicted molar refractivity (Wildman–Crippen MR) is 98.5 cm³/mol. The Morgan fingerprint density at radius 2 is 1.69 bits per heavy atom. The smallest absolute Gasteiger partial charge is 0.229 e. The number of aromatic nitrogens is 2. The summed E-state index contributed by atoms with van der Waals surface area (Å²) in [5, 5.41) is 14.6. The van der Waals surface area contributed by atoms with Gasteiger partial charge < -0.3 is 9.63 Å². The molecule has 140 valence electrons. The third-order valence-electron chi connectivity index (χ3n) is 5.47. The molecule has 2 heterocycles. The van der Waals surface area contributed by atoms with Crippen LogP contribution in [0.1, 0.15) is 48.9 Å². The maximum atomic E-state index is 10.4. The molecule has 0 radical (unpaired) electrons. The van der Waals surface area contributed by atoms with Crippen molar-refractivity contribution in [2.75, 3.05) is 26.2 Å². The fourth-order valence-corrected chi connectivity index (χ4v) is 4.12. The molecule has 26 heavy (non-hydrogen) atoms. The second-order valence-corrected chi connectivity index (χ2v) is 7.64. The molecular formula is C20H28N4O2. The molecule has 1 aromatic heterocycles. The molecule has 6 heteroatoms. The first-order valence-corrected chi connectivity index (χ1v) is 9.75. The molecule has 0 amide bonds. The topological polar surface area (TPSA) is 65.6 Å². The van der Waals surface area contributed by atoms with E-state index >= 15 is 0 Å². The Morgan fingerprint density at radius 1 is 1.00 bits per heavy atom. The molecule has 1 atom stereocenters. The summed E-state index contributed by atoms with van der Waals surface area (Å²) < 4.78 is 5.49. The van der Waals surface area contributed by atoms with Crippen molar-refractivity contribution in [3.63, 3.8) is 0 Å². The van der Waals surface area contributed by atoms with Crippen LogP contribution in [0, 0.1) is 0 Å². The molecule has 4 rings (SSSR count). The van der Waals surface area contributed by atoms with E-state index in [1.165, 1.54) is 31.2 Å². The zero-order valence-electron chi connectivity index (χ0n) is 15.3. The lowest BCUT2D eigenvalue weighted by atomic mass is 10.1. The van der Waals surface area contributed by atoms with Crippen LogP contribution in [0.25, 0.3) is 0 Å². The van der Waals surface area contributed by atoms with E-state index < -0.39 is 0 Å². The van der Waals surface area contributed by atoms with Gasteiger partial charge >= 0.3 is 0 Å². The largest absolute Gasteiger partial charge is 0.390 e. The van der Waals surface area contributed by atoms with Crippen molar-refractivity contribution in [1.82, 2.24) is 19.9 Å². The van der Waals surface area contributed by atoms with Crippen LogP contribution in [0.3, 0.4) is 0 Å². The zero-order valence-corrected chi connectivity index (χ0v) is 15.3. The van der Waals surface area contributed by atoms with Gasteiger partial charge in [0.2, 0.25) is 5.89 Å². The van der Waals surface area contributed by atoms with Crippen LogP contribution in [0.4, 0.5) is 0 Å². The number of hydrogen-bond donors (Lipinski definition) is 1. The van der Waals surface area contributed by atoms with Gasteiger partial charge in [-0.2, -0.15) is 4.98 Å². The minimum atomic E-state index is -0.359. The Kier molecular flexibility index (Phi) is 5.62. The highest BCUT2D eigenvalue weighted by molar-refractivity contribution is 5.14. The summed E-state index contributed by atoms with van der Waals surface area (Å²) in [4.78, 5) is 9.17. The number of rotatable bonds is 5. The number of aliphatic hydroxyl groups is 1. The predicted octanol–water partition coefficient (Wildman–Crippen LogP) is 2.41. The monoisotopic (exact) mass is 356 g/mol. The lowest BCUT2D eigenvalue weighted by Crippen LogP contribution is -2.33. The lowest BCUT2D eigenvalue weighted by molar-refractivity contribution is 0.105. The first-order chi connectivity index (χ1) is 12.8. The standard InChI is InChI=1S/C20H28N4O2/c25-18-13-23(12-16-6-2-1-3-7-16)10-11-24(14-18)15-19-21-20(26-22-19)17-8-4-5-9-17/h1-3,6-7,17-18,25H,4-5,8-15H2/t18-/m0/s1. The fourth-order valence-electron chi connectivity index (χ4n) is 4.12. The summed E-state index contributed by atoms with van der Waals surface area (Å²) in [6, 6.07) is 10.4. The number of aliphatic hydroxyl groups excluding tert-OH is 1. The van der Waals surface area contributed by atoms with Crippen molar-refractivity contribution in [2.45, 2.75) is 50.8 Å². The molecular weight excluding hydrogens is 328 g/mol. The summed E-state index contributed by atoms with van der Waals surface area (Å²) in [5.74, 6) is 2.00. The Labute approximate surface area is 154 Å². The maximum absolute atomic E-state index is 10.4. The van der Waals surface area contributed by atoms with Crippen LogP contribution < -0.4 is 0 Å². The molecule has 1 saturated carbocycles. The Hall–Kier alpha value is -1.76. The fraction of sp³-hybridized carbons (Fsp3) is 0.600. The summed E-state index contributed by atoms with van der Waals surface area (Å²) in [5.41, 5.74) is 1.28. The van der Waals surface area contributed by atoms with Gasteiger partial charge in [-0.3, -0.25) is 9.80 Å². The Bertz CT molecular complexity index is 684.